The number of aryl methyl sites for hydroxylation is 1. The minimum atomic E-state index is -3.17. The van der Waals surface area contributed by atoms with Crippen LogP contribution in [0.4, 0.5) is 5.82 Å². The largest absolute Gasteiger partial charge is 0.368 e. The normalized spacial score (nSPS) is 23.4. The number of hydrogen-bond donors (Lipinski definition) is 2. The van der Waals surface area contributed by atoms with Crippen LogP contribution in [0.5, 0.6) is 0 Å². The summed E-state index contributed by atoms with van der Waals surface area (Å²) in [5.41, 5.74) is 3.70. The predicted molar refractivity (Wildman–Crippen MR) is 159 cm³/mol. The summed E-state index contributed by atoms with van der Waals surface area (Å²) in [5.74, 6) is 0.640. The fourth-order valence-corrected chi connectivity index (χ4v) is 7.24. The Balaban J connectivity index is 1.11. The number of piperidine rings is 2. The van der Waals surface area contributed by atoms with E-state index in [0.717, 1.165) is 63.6 Å². The third-order valence-corrected chi connectivity index (χ3v) is 9.52. The van der Waals surface area contributed by atoms with E-state index in [9.17, 15) is 13.2 Å². The fourth-order valence-electron chi connectivity index (χ4n) is 6.40. The molecule has 0 unspecified atom stereocenters. The maximum Gasteiger partial charge on any atom is 0.272 e. The molecule has 10 nitrogen and oxygen atoms in total. The number of nitrogens with zero attached hydrogens (tertiary/aromatic N) is 4. The molecule has 41 heavy (non-hydrogen) atoms. The third kappa shape index (κ3) is 7.82. The van der Waals surface area contributed by atoms with Crippen LogP contribution in [-0.2, 0) is 14.8 Å². The number of likely N-dealkylation sites (tertiary alicyclic amines) is 2. The summed E-state index contributed by atoms with van der Waals surface area (Å²) >= 11 is 0. The van der Waals surface area contributed by atoms with Gasteiger partial charge in [0.1, 0.15) is 17.8 Å². The van der Waals surface area contributed by atoms with Gasteiger partial charge in [-0.2, -0.15) is 0 Å². The molecule has 2 aromatic rings. The molecule has 3 aliphatic rings. The van der Waals surface area contributed by atoms with Gasteiger partial charge in [0.15, 0.2) is 0 Å². The van der Waals surface area contributed by atoms with E-state index in [1.165, 1.54) is 23.7 Å². The zero-order valence-electron chi connectivity index (χ0n) is 24.5. The minimum Gasteiger partial charge on any atom is -0.368 e. The molecule has 1 aromatic heterocycles. The SMILES string of the molecule is Cc1ccc([C@@H]2CCC[C@H](CNc3ncnc(C(=O)N4CCC(N5CCC(NS(C)(=O)=O)CC5)CC4)c3C)O2)cc1. The monoisotopic (exact) mass is 584 g/mol. The van der Waals surface area contributed by atoms with E-state index in [0.29, 0.717) is 37.2 Å². The highest BCUT2D eigenvalue weighted by molar-refractivity contribution is 7.88. The molecule has 3 aliphatic heterocycles. The Bertz CT molecular complexity index is 1290. The van der Waals surface area contributed by atoms with Crippen LogP contribution in [0.3, 0.4) is 0 Å². The highest BCUT2D eigenvalue weighted by Crippen LogP contribution is 2.32. The molecule has 0 radical (unpaired) electrons. The van der Waals surface area contributed by atoms with Crippen LogP contribution < -0.4 is 10.0 Å². The first-order valence-electron chi connectivity index (χ1n) is 14.9. The summed E-state index contributed by atoms with van der Waals surface area (Å²) in [6, 6.07) is 9.03. The van der Waals surface area contributed by atoms with Gasteiger partial charge in [0.25, 0.3) is 5.91 Å². The number of sulfonamides is 1. The minimum absolute atomic E-state index is 0.0192. The van der Waals surface area contributed by atoms with Gasteiger partial charge in [-0.3, -0.25) is 4.79 Å². The lowest BCUT2D eigenvalue weighted by Crippen LogP contribution is -2.51. The van der Waals surface area contributed by atoms with Crippen molar-refractivity contribution in [3.63, 3.8) is 0 Å². The van der Waals surface area contributed by atoms with Crippen molar-refractivity contribution in [2.45, 2.75) is 83.1 Å². The van der Waals surface area contributed by atoms with Crippen molar-refractivity contribution in [2.24, 2.45) is 0 Å². The first-order valence-corrected chi connectivity index (χ1v) is 16.8. The summed E-state index contributed by atoms with van der Waals surface area (Å²) in [6.07, 6.45) is 9.47. The van der Waals surface area contributed by atoms with Crippen LogP contribution in [-0.4, -0.2) is 91.3 Å². The first kappa shape index (κ1) is 29.9. The summed E-state index contributed by atoms with van der Waals surface area (Å²) in [6.45, 7) is 7.77. The molecule has 224 valence electrons. The van der Waals surface area contributed by atoms with Gasteiger partial charge in [0.2, 0.25) is 10.0 Å². The van der Waals surface area contributed by atoms with Crippen molar-refractivity contribution >= 4 is 21.7 Å². The number of rotatable bonds is 8. The van der Waals surface area contributed by atoms with Gasteiger partial charge < -0.3 is 19.9 Å². The smallest absolute Gasteiger partial charge is 0.272 e. The van der Waals surface area contributed by atoms with Crippen LogP contribution in [0.1, 0.15) is 78.2 Å². The second-order valence-electron chi connectivity index (χ2n) is 11.9. The fraction of sp³-hybridized carbons (Fsp3) is 0.633. The third-order valence-electron chi connectivity index (χ3n) is 8.76. The van der Waals surface area contributed by atoms with Gasteiger partial charge in [-0.15, -0.1) is 0 Å². The maximum atomic E-state index is 13.5. The summed E-state index contributed by atoms with van der Waals surface area (Å²) in [4.78, 5) is 26.6. The van der Waals surface area contributed by atoms with Gasteiger partial charge in [0.05, 0.1) is 18.5 Å². The van der Waals surface area contributed by atoms with Crippen LogP contribution >= 0.6 is 0 Å². The highest BCUT2D eigenvalue weighted by Gasteiger charge is 2.32. The molecule has 0 aliphatic carbocycles. The average Bonchev–Trinajstić information content (AvgIpc) is 2.96. The Labute approximate surface area is 244 Å². The number of ether oxygens (including phenoxy) is 1. The van der Waals surface area contributed by atoms with E-state index >= 15 is 0 Å². The van der Waals surface area contributed by atoms with Crippen molar-refractivity contribution in [3.8, 4) is 0 Å². The van der Waals surface area contributed by atoms with E-state index in [1.807, 2.05) is 11.8 Å². The van der Waals surface area contributed by atoms with Gasteiger partial charge in [-0.25, -0.2) is 23.1 Å². The molecular formula is C30H44N6O4S. The molecular weight excluding hydrogens is 540 g/mol. The number of benzene rings is 1. The lowest BCUT2D eigenvalue weighted by molar-refractivity contribution is -0.0442. The predicted octanol–water partition coefficient (Wildman–Crippen LogP) is 3.43. The lowest BCUT2D eigenvalue weighted by atomic mass is 9.97. The highest BCUT2D eigenvalue weighted by atomic mass is 32.2. The van der Waals surface area contributed by atoms with Crippen molar-refractivity contribution in [1.29, 1.82) is 0 Å². The van der Waals surface area contributed by atoms with Crippen LogP contribution in [0.15, 0.2) is 30.6 Å². The van der Waals surface area contributed by atoms with Crippen molar-refractivity contribution < 1.29 is 17.9 Å². The van der Waals surface area contributed by atoms with Gasteiger partial charge in [0, 0.05) is 37.3 Å². The summed E-state index contributed by atoms with van der Waals surface area (Å²) in [7, 11) is -3.17. The van der Waals surface area contributed by atoms with Crippen molar-refractivity contribution in [1.82, 2.24) is 24.5 Å². The molecule has 11 heteroatoms. The Morgan fingerprint density at radius 1 is 0.976 bits per heavy atom. The Hall–Kier alpha value is -2.60. The molecule has 2 N–H and O–H groups in total. The molecule has 3 saturated heterocycles. The summed E-state index contributed by atoms with van der Waals surface area (Å²) < 4.78 is 32.2. The molecule has 0 bridgehead atoms. The number of carbonyl (C=O) groups excluding carboxylic acids is 1. The van der Waals surface area contributed by atoms with E-state index < -0.39 is 10.0 Å². The zero-order valence-corrected chi connectivity index (χ0v) is 25.3. The Morgan fingerprint density at radius 2 is 1.68 bits per heavy atom. The van der Waals surface area contributed by atoms with Gasteiger partial charge >= 0.3 is 0 Å². The van der Waals surface area contributed by atoms with Crippen molar-refractivity contribution in [2.75, 3.05) is 44.3 Å². The second kappa shape index (κ2) is 13.1. The summed E-state index contributed by atoms with van der Waals surface area (Å²) in [5, 5.41) is 3.43. The Morgan fingerprint density at radius 3 is 2.37 bits per heavy atom. The number of hydrogen-bond acceptors (Lipinski definition) is 8. The first-order chi connectivity index (χ1) is 19.7. The molecule has 1 amide bonds. The van der Waals surface area contributed by atoms with Gasteiger partial charge in [-0.05, 0) is 77.4 Å². The molecule has 0 spiro atoms. The molecule has 3 fully saturated rings. The number of amides is 1. The lowest BCUT2D eigenvalue weighted by Gasteiger charge is -2.41. The van der Waals surface area contributed by atoms with E-state index in [1.54, 1.807) is 0 Å². The topological polar surface area (TPSA) is 117 Å². The maximum absolute atomic E-state index is 13.5. The molecule has 5 rings (SSSR count). The second-order valence-corrected chi connectivity index (χ2v) is 13.7. The van der Waals surface area contributed by atoms with Crippen molar-refractivity contribution in [3.05, 3.63) is 53.0 Å². The molecule has 2 atom stereocenters. The molecule has 1 aromatic carbocycles. The molecule has 0 saturated carbocycles. The van der Waals surface area contributed by atoms with E-state index in [-0.39, 0.29) is 24.2 Å². The number of carbonyl (C=O) groups is 1. The van der Waals surface area contributed by atoms with E-state index in [4.69, 9.17) is 4.74 Å². The zero-order chi connectivity index (χ0) is 29.0. The van der Waals surface area contributed by atoms with Gasteiger partial charge in [-0.1, -0.05) is 29.8 Å². The number of aromatic nitrogens is 2. The number of anilines is 1. The number of nitrogens with one attached hydrogen (secondary N) is 2. The van der Waals surface area contributed by atoms with E-state index in [2.05, 4.69) is 56.1 Å². The van der Waals surface area contributed by atoms with Crippen LogP contribution in [0.2, 0.25) is 0 Å². The quantitative estimate of drug-likeness (QED) is 0.485. The Kier molecular flexibility index (Phi) is 9.58. The molecule has 4 heterocycles. The van der Waals surface area contributed by atoms with Crippen LogP contribution in [0, 0.1) is 13.8 Å². The van der Waals surface area contributed by atoms with Crippen LogP contribution in [0.25, 0.3) is 0 Å². The standard InChI is InChI=1S/C30H44N6O4S/c1-21-7-9-23(10-8-21)27-6-4-5-26(40-27)19-31-29-22(2)28(32-20-33-29)30(37)36-17-13-25(14-18-36)35-15-11-24(12-16-35)34-41(3,38)39/h7-10,20,24-27,34H,4-6,11-19H2,1-3H3,(H,31,32,33)/t26-,27+/m1/s1. The average molecular weight is 585 g/mol.